The molecule has 3 heterocycles. The van der Waals surface area contributed by atoms with E-state index >= 15 is 0 Å². The fraction of sp³-hybridized carbons (Fsp3) is 0.476. The van der Waals surface area contributed by atoms with Gasteiger partial charge in [0.2, 0.25) is 0 Å². The molecule has 2 bridgehead atoms. The van der Waals surface area contributed by atoms with Crippen LogP contribution in [0.2, 0.25) is 0 Å². The van der Waals surface area contributed by atoms with Crippen LogP contribution in [-0.2, 0) is 6.54 Å². The molecule has 2 saturated heterocycles. The van der Waals surface area contributed by atoms with E-state index < -0.39 is 0 Å². The van der Waals surface area contributed by atoms with Gasteiger partial charge in [-0.25, -0.2) is 0 Å². The normalized spacial score (nSPS) is 25.7. The lowest BCUT2D eigenvalue weighted by Gasteiger charge is -2.48. The smallest absolute Gasteiger partial charge is 0.170 e. The largest absolute Gasteiger partial charge is 0.468 e. The molecule has 26 heavy (non-hydrogen) atoms. The number of hydrogen-bond donors (Lipinski definition) is 2. The molecule has 4 rings (SSSR count). The van der Waals surface area contributed by atoms with Crippen molar-refractivity contribution in [1.82, 2.24) is 10.2 Å². The van der Waals surface area contributed by atoms with Crippen LogP contribution in [0.4, 0.5) is 5.69 Å². The first-order valence-electron chi connectivity index (χ1n) is 9.60. The summed E-state index contributed by atoms with van der Waals surface area (Å²) in [6, 6.07) is 14.1. The van der Waals surface area contributed by atoms with Crippen molar-refractivity contribution >= 4 is 23.0 Å². The van der Waals surface area contributed by atoms with Crippen molar-refractivity contribution in [2.24, 2.45) is 0 Å². The maximum Gasteiger partial charge on any atom is 0.170 e. The third-order valence-electron chi connectivity index (χ3n) is 5.69. The molecule has 0 spiro atoms. The van der Waals surface area contributed by atoms with E-state index in [0.717, 1.165) is 35.9 Å². The first-order valence-corrected chi connectivity index (χ1v) is 10.0. The second-order valence-corrected chi connectivity index (χ2v) is 8.03. The molecule has 0 radical (unpaired) electrons. The number of furan rings is 1. The molecule has 138 valence electrons. The zero-order chi connectivity index (χ0) is 17.9. The molecule has 2 fully saturated rings. The number of aryl methyl sites for hydroxylation is 1. The molecule has 2 aliphatic heterocycles. The summed E-state index contributed by atoms with van der Waals surface area (Å²) in [6.45, 7) is 3.02. The minimum atomic E-state index is 0.448. The molecule has 0 aliphatic carbocycles. The summed E-state index contributed by atoms with van der Waals surface area (Å²) >= 11 is 5.55. The highest BCUT2D eigenvalue weighted by Gasteiger charge is 2.38. The lowest BCUT2D eigenvalue weighted by molar-refractivity contribution is 0.0161. The van der Waals surface area contributed by atoms with Gasteiger partial charge in [0.25, 0.3) is 0 Å². The molecule has 5 heteroatoms. The Labute approximate surface area is 161 Å². The number of fused-ring (bicyclic) bond motifs is 2. The van der Waals surface area contributed by atoms with Crippen LogP contribution >= 0.6 is 12.2 Å². The molecule has 0 saturated carbocycles. The topological polar surface area (TPSA) is 40.4 Å². The van der Waals surface area contributed by atoms with Gasteiger partial charge in [-0.05, 0) is 69.1 Å². The second-order valence-electron chi connectivity index (χ2n) is 7.62. The van der Waals surface area contributed by atoms with Crippen LogP contribution in [0.5, 0.6) is 0 Å². The number of rotatable bonds is 4. The molecule has 4 nitrogen and oxygen atoms in total. The molecule has 2 N–H and O–H groups in total. The quantitative estimate of drug-likeness (QED) is 0.779. The fourth-order valence-corrected chi connectivity index (χ4v) is 4.71. The maximum atomic E-state index is 5.58. The predicted octanol–water partition coefficient (Wildman–Crippen LogP) is 4.46. The average Bonchev–Trinajstić information content (AvgIpc) is 3.11. The van der Waals surface area contributed by atoms with Crippen LogP contribution in [0.1, 0.15) is 43.4 Å². The number of piperidine rings is 2. The summed E-state index contributed by atoms with van der Waals surface area (Å²) in [6.07, 6.45) is 7.94. The van der Waals surface area contributed by atoms with Crippen molar-refractivity contribution in [3.05, 3.63) is 54.0 Å². The SMILES string of the molecule is Cc1ccc(NC(=S)NC2C[C@H]3CCC[C@@H](C2)N3Cc2ccco2)cc1. The summed E-state index contributed by atoms with van der Waals surface area (Å²) in [5.74, 6) is 1.07. The van der Waals surface area contributed by atoms with Gasteiger partial charge in [0.1, 0.15) is 5.76 Å². The Kier molecular flexibility index (Phi) is 5.27. The third kappa shape index (κ3) is 4.10. The Morgan fingerprint density at radius 1 is 1.15 bits per heavy atom. The molecule has 2 aromatic rings. The van der Waals surface area contributed by atoms with Crippen molar-refractivity contribution in [3.8, 4) is 0 Å². The minimum absolute atomic E-state index is 0.448. The molecule has 1 aromatic heterocycles. The zero-order valence-electron chi connectivity index (χ0n) is 15.3. The maximum absolute atomic E-state index is 5.58. The number of anilines is 1. The molecular formula is C21H27N3OS. The summed E-state index contributed by atoms with van der Waals surface area (Å²) < 4.78 is 5.58. The monoisotopic (exact) mass is 369 g/mol. The number of hydrogen-bond acceptors (Lipinski definition) is 3. The lowest BCUT2D eigenvalue weighted by Crippen LogP contribution is -2.56. The van der Waals surface area contributed by atoms with Gasteiger partial charge in [-0.1, -0.05) is 24.1 Å². The summed E-state index contributed by atoms with van der Waals surface area (Å²) in [4.78, 5) is 2.65. The molecule has 1 aromatic carbocycles. The Hall–Kier alpha value is -1.85. The van der Waals surface area contributed by atoms with Gasteiger partial charge in [-0.15, -0.1) is 0 Å². The van der Waals surface area contributed by atoms with E-state index in [2.05, 4.69) is 52.8 Å². The van der Waals surface area contributed by atoms with Crippen LogP contribution in [0, 0.1) is 6.92 Å². The van der Waals surface area contributed by atoms with E-state index in [0.29, 0.717) is 18.1 Å². The van der Waals surface area contributed by atoms with Crippen molar-refractivity contribution in [2.75, 3.05) is 5.32 Å². The lowest BCUT2D eigenvalue weighted by atomic mass is 9.81. The fourth-order valence-electron chi connectivity index (χ4n) is 4.43. The first kappa shape index (κ1) is 17.6. The van der Waals surface area contributed by atoms with Gasteiger partial charge in [0, 0.05) is 23.8 Å². The molecule has 3 atom stereocenters. The van der Waals surface area contributed by atoms with Gasteiger partial charge in [-0.3, -0.25) is 4.90 Å². The van der Waals surface area contributed by atoms with E-state index in [1.807, 2.05) is 6.07 Å². The van der Waals surface area contributed by atoms with Crippen molar-refractivity contribution in [2.45, 2.75) is 63.7 Å². The number of thiocarbonyl (C=S) groups is 1. The number of benzene rings is 1. The van der Waals surface area contributed by atoms with E-state index in [4.69, 9.17) is 16.6 Å². The van der Waals surface area contributed by atoms with E-state index in [1.54, 1.807) is 6.26 Å². The highest BCUT2D eigenvalue weighted by atomic mass is 32.1. The van der Waals surface area contributed by atoms with Crippen LogP contribution in [-0.4, -0.2) is 28.1 Å². The number of nitrogens with one attached hydrogen (secondary N) is 2. The van der Waals surface area contributed by atoms with Gasteiger partial charge >= 0.3 is 0 Å². The van der Waals surface area contributed by atoms with Crippen LogP contribution in [0.25, 0.3) is 0 Å². The van der Waals surface area contributed by atoms with E-state index in [9.17, 15) is 0 Å². The Morgan fingerprint density at radius 2 is 1.88 bits per heavy atom. The first-order chi connectivity index (χ1) is 12.7. The summed E-state index contributed by atoms with van der Waals surface area (Å²) in [5.41, 5.74) is 2.30. The van der Waals surface area contributed by atoms with Crippen LogP contribution in [0.3, 0.4) is 0 Å². The second kappa shape index (κ2) is 7.80. The Morgan fingerprint density at radius 3 is 2.54 bits per heavy atom. The zero-order valence-corrected chi connectivity index (χ0v) is 16.1. The highest BCUT2D eigenvalue weighted by molar-refractivity contribution is 7.80. The number of nitrogens with zero attached hydrogens (tertiary/aromatic N) is 1. The predicted molar refractivity (Wildman–Crippen MR) is 109 cm³/mol. The van der Waals surface area contributed by atoms with Gasteiger partial charge in [-0.2, -0.15) is 0 Å². The molecule has 0 amide bonds. The average molecular weight is 370 g/mol. The van der Waals surface area contributed by atoms with E-state index in [-0.39, 0.29) is 0 Å². The highest BCUT2D eigenvalue weighted by Crippen LogP contribution is 2.35. The summed E-state index contributed by atoms with van der Waals surface area (Å²) in [7, 11) is 0. The molecular weight excluding hydrogens is 342 g/mol. The Bertz CT molecular complexity index is 714. The minimum Gasteiger partial charge on any atom is -0.468 e. The van der Waals surface area contributed by atoms with Crippen LogP contribution in [0.15, 0.2) is 47.1 Å². The third-order valence-corrected chi connectivity index (χ3v) is 5.91. The van der Waals surface area contributed by atoms with Gasteiger partial charge in [0.05, 0.1) is 12.8 Å². The van der Waals surface area contributed by atoms with Crippen LogP contribution < -0.4 is 10.6 Å². The summed E-state index contributed by atoms with van der Waals surface area (Å²) in [5, 5.41) is 7.61. The van der Waals surface area contributed by atoms with Crippen molar-refractivity contribution < 1.29 is 4.42 Å². The molecule has 1 unspecified atom stereocenters. The van der Waals surface area contributed by atoms with E-state index in [1.165, 1.54) is 24.8 Å². The Balaban J connectivity index is 1.34. The standard InChI is InChI=1S/C21H27N3OS/c1-15-7-9-16(10-8-15)22-21(26)23-17-12-18-4-2-5-19(13-17)24(18)14-20-6-3-11-25-20/h3,6-11,17-19H,2,4-5,12-14H2,1H3,(H2,22,23,26)/t17?,18-,19+. The molecule has 2 aliphatic rings. The van der Waals surface area contributed by atoms with Gasteiger partial charge in [0.15, 0.2) is 5.11 Å². The van der Waals surface area contributed by atoms with Gasteiger partial charge < -0.3 is 15.1 Å². The van der Waals surface area contributed by atoms with Crippen molar-refractivity contribution in [3.63, 3.8) is 0 Å². The van der Waals surface area contributed by atoms with Crippen molar-refractivity contribution in [1.29, 1.82) is 0 Å².